The molecule has 0 aliphatic carbocycles. The Balaban J connectivity index is 1.82. The summed E-state index contributed by atoms with van der Waals surface area (Å²) >= 11 is 0. The number of rotatable bonds is 6. The average molecular weight is 319 g/mol. The molecule has 0 spiro atoms. The lowest BCUT2D eigenvalue weighted by atomic mass is 10.2. The smallest absolute Gasteiger partial charge is 0.265 e. The minimum absolute atomic E-state index is 0.0702. The lowest BCUT2D eigenvalue weighted by Gasteiger charge is -2.13. The van der Waals surface area contributed by atoms with Crippen LogP contribution in [0.2, 0.25) is 0 Å². The van der Waals surface area contributed by atoms with Crippen LogP contribution in [0.1, 0.15) is 5.56 Å². The summed E-state index contributed by atoms with van der Waals surface area (Å²) in [5.74, 6) is 0.331. The molecule has 2 aromatic carbocycles. The number of benzene rings is 2. The van der Waals surface area contributed by atoms with E-state index in [9.17, 15) is 8.42 Å². The van der Waals surface area contributed by atoms with Gasteiger partial charge < -0.3 is 9.47 Å². The number of ether oxygens (including phenoxy) is 2. The van der Waals surface area contributed by atoms with Crippen molar-refractivity contribution < 1.29 is 17.9 Å². The summed E-state index contributed by atoms with van der Waals surface area (Å²) in [4.78, 5) is 0.122. The van der Waals surface area contributed by atoms with Crippen LogP contribution >= 0.6 is 0 Å². The average Bonchev–Trinajstić information content (AvgIpc) is 3.32. The Morgan fingerprint density at radius 2 is 1.86 bits per heavy atom. The fraction of sp³-hybridized carbons (Fsp3) is 0.250. The van der Waals surface area contributed by atoms with Crippen molar-refractivity contribution in [2.75, 3.05) is 17.9 Å². The van der Waals surface area contributed by atoms with Crippen LogP contribution in [0.25, 0.3) is 0 Å². The molecule has 0 bridgehead atoms. The summed E-state index contributed by atoms with van der Waals surface area (Å²) in [6, 6.07) is 13.8. The molecule has 1 unspecified atom stereocenters. The van der Waals surface area contributed by atoms with Gasteiger partial charge in [-0.1, -0.05) is 29.8 Å². The molecular weight excluding hydrogens is 302 g/mol. The fourth-order valence-corrected chi connectivity index (χ4v) is 3.18. The van der Waals surface area contributed by atoms with Crippen LogP contribution in [-0.4, -0.2) is 27.7 Å². The fourth-order valence-electron chi connectivity index (χ4n) is 1.97. The van der Waals surface area contributed by atoms with E-state index in [-0.39, 0.29) is 11.0 Å². The van der Waals surface area contributed by atoms with Crippen LogP contribution in [-0.2, 0) is 14.8 Å². The number of hydrogen-bond donors (Lipinski definition) is 1. The summed E-state index contributed by atoms with van der Waals surface area (Å²) in [7, 11) is -3.70. The zero-order chi connectivity index (χ0) is 15.6. The van der Waals surface area contributed by atoms with E-state index < -0.39 is 10.0 Å². The van der Waals surface area contributed by atoms with Crippen molar-refractivity contribution >= 4 is 15.7 Å². The summed E-state index contributed by atoms with van der Waals surface area (Å²) in [6.45, 7) is 2.97. The van der Waals surface area contributed by atoms with Crippen LogP contribution in [0.15, 0.2) is 53.4 Å². The molecule has 1 aliphatic heterocycles. The molecule has 1 aliphatic rings. The first-order chi connectivity index (χ1) is 10.5. The molecule has 0 amide bonds. The van der Waals surface area contributed by atoms with Crippen molar-refractivity contribution in [3.63, 3.8) is 0 Å². The first-order valence-electron chi connectivity index (χ1n) is 6.97. The van der Waals surface area contributed by atoms with Gasteiger partial charge in [-0.25, -0.2) is 8.42 Å². The lowest BCUT2D eigenvalue weighted by Crippen LogP contribution is -2.15. The molecular formula is C16H17NO4S. The van der Waals surface area contributed by atoms with Gasteiger partial charge in [0.1, 0.15) is 23.4 Å². The van der Waals surface area contributed by atoms with Gasteiger partial charge in [0.15, 0.2) is 0 Å². The van der Waals surface area contributed by atoms with E-state index in [1.165, 1.54) is 6.07 Å². The first kappa shape index (κ1) is 14.9. The highest BCUT2D eigenvalue weighted by Gasteiger charge is 2.25. The predicted molar refractivity (Wildman–Crippen MR) is 83.7 cm³/mol. The van der Waals surface area contributed by atoms with Gasteiger partial charge in [-0.2, -0.15) is 0 Å². The molecule has 0 saturated carbocycles. The van der Waals surface area contributed by atoms with Gasteiger partial charge in [0.2, 0.25) is 0 Å². The maximum absolute atomic E-state index is 12.5. The van der Waals surface area contributed by atoms with Crippen molar-refractivity contribution in [1.82, 2.24) is 0 Å². The molecule has 1 atom stereocenters. The predicted octanol–water partition coefficient (Wildman–Crippen LogP) is 2.57. The number of aryl methyl sites for hydroxylation is 1. The summed E-state index contributed by atoms with van der Waals surface area (Å²) in [5.41, 5.74) is 1.59. The minimum Gasteiger partial charge on any atom is -0.489 e. The number of anilines is 1. The van der Waals surface area contributed by atoms with Crippen molar-refractivity contribution in [1.29, 1.82) is 0 Å². The Kier molecular flexibility index (Phi) is 4.04. The third kappa shape index (κ3) is 3.58. The highest BCUT2D eigenvalue weighted by Crippen LogP contribution is 2.26. The topological polar surface area (TPSA) is 67.9 Å². The zero-order valence-electron chi connectivity index (χ0n) is 12.2. The van der Waals surface area contributed by atoms with Gasteiger partial charge in [0, 0.05) is 5.69 Å². The number of nitrogens with one attached hydrogen (secondary N) is 1. The molecule has 1 heterocycles. The van der Waals surface area contributed by atoms with Crippen LogP contribution in [0.3, 0.4) is 0 Å². The van der Waals surface area contributed by atoms with Gasteiger partial charge in [0.05, 0.1) is 6.61 Å². The quantitative estimate of drug-likeness (QED) is 0.831. The van der Waals surface area contributed by atoms with E-state index in [4.69, 9.17) is 9.47 Å². The number of sulfonamides is 1. The molecule has 6 heteroatoms. The van der Waals surface area contributed by atoms with E-state index >= 15 is 0 Å². The molecule has 22 heavy (non-hydrogen) atoms. The van der Waals surface area contributed by atoms with Crippen molar-refractivity contribution in [2.24, 2.45) is 0 Å². The molecule has 0 aromatic heterocycles. The lowest BCUT2D eigenvalue weighted by molar-refractivity contribution is 0.258. The third-order valence-electron chi connectivity index (χ3n) is 3.27. The molecule has 2 aromatic rings. The zero-order valence-corrected chi connectivity index (χ0v) is 13.0. The van der Waals surface area contributed by atoms with Gasteiger partial charge in [-0.05, 0) is 31.2 Å². The van der Waals surface area contributed by atoms with Gasteiger partial charge in [0.25, 0.3) is 10.0 Å². The Bertz CT molecular complexity index is 752. The molecule has 5 nitrogen and oxygen atoms in total. The highest BCUT2D eigenvalue weighted by molar-refractivity contribution is 7.92. The third-order valence-corrected chi connectivity index (χ3v) is 4.69. The molecule has 116 valence electrons. The summed E-state index contributed by atoms with van der Waals surface area (Å²) < 4.78 is 38.3. The second-order valence-corrected chi connectivity index (χ2v) is 6.84. The number of epoxide rings is 1. The van der Waals surface area contributed by atoms with Gasteiger partial charge >= 0.3 is 0 Å². The standard InChI is InChI=1S/C16H17NO4S/c1-12-6-8-13(9-7-12)17-22(18,19)16-5-3-2-4-15(16)21-11-14-10-20-14/h2-9,14,17H,10-11H2,1H3. The van der Waals surface area contributed by atoms with Gasteiger partial charge in [-0.3, -0.25) is 4.72 Å². The van der Waals surface area contributed by atoms with E-state index in [0.29, 0.717) is 24.7 Å². The normalized spacial score (nSPS) is 17.0. The Morgan fingerprint density at radius 3 is 2.55 bits per heavy atom. The Labute approximate surface area is 129 Å². The molecule has 1 saturated heterocycles. The monoisotopic (exact) mass is 319 g/mol. The molecule has 1 N–H and O–H groups in total. The SMILES string of the molecule is Cc1ccc(NS(=O)(=O)c2ccccc2OCC2CO2)cc1. The maximum Gasteiger partial charge on any atom is 0.265 e. The van der Waals surface area contributed by atoms with E-state index in [2.05, 4.69) is 4.72 Å². The molecule has 0 radical (unpaired) electrons. The molecule has 1 fully saturated rings. The second kappa shape index (κ2) is 5.98. The number of para-hydroxylation sites is 1. The van der Waals surface area contributed by atoms with Gasteiger partial charge in [-0.15, -0.1) is 0 Å². The highest BCUT2D eigenvalue weighted by atomic mass is 32.2. The largest absolute Gasteiger partial charge is 0.489 e. The second-order valence-electron chi connectivity index (χ2n) is 5.18. The van der Waals surface area contributed by atoms with E-state index in [1.54, 1.807) is 30.3 Å². The number of hydrogen-bond acceptors (Lipinski definition) is 4. The maximum atomic E-state index is 12.5. The Hall–Kier alpha value is -2.05. The summed E-state index contributed by atoms with van der Waals surface area (Å²) in [5, 5.41) is 0. The molecule has 3 rings (SSSR count). The van der Waals surface area contributed by atoms with Crippen molar-refractivity contribution in [2.45, 2.75) is 17.9 Å². The minimum atomic E-state index is -3.70. The van der Waals surface area contributed by atoms with E-state index in [0.717, 1.165) is 5.56 Å². The van der Waals surface area contributed by atoms with E-state index in [1.807, 2.05) is 19.1 Å². The van der Waals surface area contributed by atoms with Crippen molar-refractivity contribution in [3.05, 3.63) is 54.1 Å². The van der Waals surface area contributed by atoms with Crippen LogP contribution < -0.4 is 9.46 Å². The first-order valence-corrected chi connectivity index (χ1v) is 8.46. The Morgan fingerprint density at radius 1 is 1.18 bits per heavy atom. The van der Waals surface area contributed by atoms with Crippen LogP contribution in [0, 0.1) is 6.92 Å². The summed E-state index contributed by atoms with van der Waals surface area (Å²) in [6.07, 6.45) is 0.0702. The van der Waals surface area contributed by atoms with Crippen molar-refractivity contribution in [3.8, 4) is 5.75 Å². The van der Waals surface area contributed by atoms with Crippen LogP contribution in [0.4, 0.5) is 5.69 Å². The van der Waals surface area contributed by atoms with Crippen LogP contribution in [0.5, 0.6) is 5.75 Å².